The number of methoxy groups -OCH3 is 3. The van der Waals surface area contributed by atoms with Crippen molar-refractivity contribution in [2.45, 2.75) is 5.16 Å². The highest BCUT2D eigenvalue weighted by molar-refractivity contribution is 7.99. The van der Waals surface area contributed by atoms with Crippen molar-refractivity contribution in [1.29, 1.82) is 0 Å². The van der Waals surface area contributed by atoms with Gasteiger partial charge in [0.1, 0.15) is 0 Å². The summed E-state index contributed by atoms with van der Waals surface area (Å²) in [6, 6.07) is 22.6. The summed E-state index contributed by atoms with van der Waals surface area (Å²) >= 11 is 1.34. The van der Waals surface area contributed by atoms with Gasteiger partial charge in [-0.2, -0.15) is 0 Å². The summed E-state index contributed by atoms with van der Waals surface area (Å²) in [4.78, 5) is 12.7. The standard InChI is InChI=1S/C25H23N3O4S/c1-30-21-14-18(15-22(31-2)23(21)32-3)24-26-27-25(28(24)19-12-8-5-9-13-19)33-16-20(29)17-10-6-4-7-11-17/h4-15H,16H2,1-3H3. The molecule has 4 rings (SSSR count). The smallest absolute Gasteiger partial charge is 0.203 e. The second-order valence-corrected chi connectivity index (χ2v) is 7.91. The fraction of sp³-hybridized carbons (Fsp3) is 0.160. The maximum atomic E-state index is 12.7. The van der Waals surface area contributed by atoms with E-state index in [1.54, 1.807) is 21.3 Å². The van der Waals surface area contributed by atoms with Gasteiger partial charge in [-0.1, -0.05) is 60.3 Å². The molecule has 168 valence electrons. The van der Waals surface area contributed by atoms with E-state index in [2.05, 4.69) is 10.2 Å². The quantitative estimate of drug-likeness (QED) is 0.258. The van der Waals surface area contributed by atoms with Crippen LogP contribution in [0.15, 0.2) is 78.0 Å². The Balaban J connectivity index is 1.76. The third kappa shape index (κ3) is 4.70. The van der Waals surface area contributed by atoms with Crippen LogP contribution in [0, 0.1) is 0 Å². The van der Waals surface area contributed by atoms with Gasteiger partial charge >= 0.3 is 0 Å². The molecule has 0 amide bonds. The van der Waals surface area contributed by atoms with E-state index in [4.69, 9.17) is 14.2 Å². The zero-order chi connectivity index (χ0) is 23.2. The van der Waals surface area contributed by atoms with Crippen molar-refractivity contribution in [3.63, 3.8) is 0 Å². The second kappa shape index (κ2) is 10.2. The highest BCUT2D eigenvalue weighted by Gasteiger charge is 2.21. The molecule has 4 aromatic rings. The average Bonchev–Trinajstić information content (AvgIpc) is 3.31. The third-order valence-electron chi connectivity index (χ3n) is 5.00. The fourth-order valence-electron chi connectivity index (χ4n) is 3.41. The molecule has 7 nitrogen and oxygen atoms in total. The molecule has 0 unspecified atom stereocenters. The minimum atomic E-state index is 0.0255. The zero-order valence-corrected chi connectivity index (χ0v) is 19.3. The van der Waals surface area contributed by atoms with Crippen molar-refractivity contribution < 1.29 is 19.0 Å². The molecule has 0 N–H and O–H groups in total. The van der Waals surface area contributed by atoms with Crippen LogP contribution >= 0.6 is 11.8 Å². The lowest BCUT2D eigenvalue weighted by molar-refractivity contribution is 0.102. The minimum Gasteiger partial charge on any atom is -0.493 e. The Morgan fingerprint density at radius 1 is 0.848 bits per heavy atom. The molecule has 0 spiro atoms. The molecule has 0 fully saturated rings. The predicted molar refractivity (Wildman–Crippen MR) is 128 cm³/mol. The van der Waals surface area contributed by atoms with E-state index in [-0.39, 0.29) is 11.5 Å². The molecule has 0 aliphatic carbocycles. The molecule has 8 heteroatoms. The van der Waals surface area contributed by atoms with E-state index >= 15 is 0 Å². The molecular formula is C25H23N3O4S. The van der Waals surface area contributed by atoms with Gasteiger partial charge in [-0.05, 0) is 24.3 Å². The van der Waals surface area contributed by atoms with Crippen LogP contribution in [0.5, 0.6) is 17.2 Å². The maximum absolute atomic E-state index is 12.7. The molecule has 0 saturated heterocycles. The number of rotatable bonds is 9. The van der Waals surface area contributed by atoms with Gasteiger partial charge in [0.15, 0.2) is 28.3 Å². The van der Waals surface area contributed by atoms with Crippen LogP contribution in [0.25, 0.3) is 17.1 Å². The number of benzene rings is 3. The number of nitrogens with zero attached hydrogens (tertiary/aromatic N) is 3. The Morgan fingerprint density at radius 2 is 1.45 bits per heavy atom. The number of hydrogen-bond donors (Lipinski definition) is 0. The van der Waals surface area contributed by atoms with Crippen LogP contribution in [-0.2, 0) is 0 Å². The average molecular weight is 462 g/mol. The first kappa shape index (κ1) is 22.4. The van der Waals surface area contributed by atoms with Crippen LogP contribution in [0.1, 0.15) is 10.4 Å². The summed E-state index contributed by atoms with van der Waals surface area (Å²) in [5.74, 6) is 2.39. The summed E-state index contributed by atoms with van der Waals surface area (Å²) in [5, 5.41) is 9.45. The summed E-state index contributed by atoms with van der Waals surface area (Å²) in [7, 11) is 4.70. The van der Waals surface area contributed by atoms with Gasteiger partial charge in [0.05, 0.1) is 27.1 Å². The number of para-hydroxylation sites is 1. The zero-order valence-electron chi connectivity index (χ0n) is 18.5. The number of ether oxygens (including phenoxy) is 3. The number of carbonyl (C=O) groups is 1. The number of hydrogen-bond acceptors (Lipinski definition) is 7. The molecule has 3 aromatic carbocycles. The van der Waals surface area contributed by atoms with Crippen molar-refractivity contribution in [1.82, 2.24) is 14.8 Å². The largest absolute Gasteiger partial charge is 0.493 e. The van der Waals surface area contributed by atoms with Crippen molar-refractivity contribution in [2.75, 3.05) is 27.1 Å². The highest BCUT2D eigenvalue weighted by Crippen LogP contribution is 2.41. The van der Waals surface area contributed by atoms with Crippen LogP contribution in [-0.4, -0.2) is 47.6 Å². The van der Waals surface area contributed by atoms with Crippen molar-refractivity contribution >= 4 is 17.5 Å². The SMILES string of the molecule is COc1cc(-c2nnc(SCC(=O)c3ccccc3)n2-c2ccccc2)cc(OC)c1OC. The van der Waals surface area contributed by atoms with Crippen molar-refractivity contribution in [3.8, 4) is 34.3 Å². The molecular weight excluding hydrogens is 438 g/mol. The lowest BCUT2D eigenvalue weighted by Crippen LogP contribution is -2.05. The summed E-state index contributed by atoms with van der Waals surface area (Å²) in [5.41, 5.74) is 2.28. The molecule has 1 heterocycles. The van der Waals surface area contributed by atoms with Gasteiger partial charge in [0.2, 0.25) is 5.75 Å². The predicted octanol–water partition coefficient (Wildman–Crippen LogP) is 4.94. The van der Waals surface area contributed by atoms with Gasteiger partial charge in [0.25, 0.3) is 0 Å². The van der Waals surface area contributed by atoms with Crippen LogP contribution < -0.4 is 14.2 Å². The molecule has 33 heavy (non-hydrogen) atoms. The Morgan fingerprint density at radius 3 is 2.03 bits per heavy atom. The molecule has 0 aliphatic rings. The maximum Gasteiger partial charge on any atom is 0.203 e. The van der Waals surface area contributed by atoms with Crippen LogP contribution in [0.2, 0.25) is 0 Å². The topological polar surface area (TPSA) is 75.5 Å². The number of Topliss-reactive ketones (excluding diaryl/α,β-unsaturated/α-hetero) is 1. The monoisotopic (exact) mass is 461 g/mol. The normalized spacial score (nSPS) is 10.6. The number of aromatic nitrogens is 3. The summed E-state index contributed by atoms with van der Waals surface area (Å²) < 4.78 is 18.4. The lowest BCUT2D eigenvalue weighted by atomic mass is 10.1. The molecule has 0 bridgehead atoms. The molecule has 1 aromatic heterocycles. The van der Waals surface area contributed by atoms with Gasteiger partial charge in [-0.15, -0.1) is 10.2 Å². The molecule has 0 atom stereocenters. The van der Waals surface area contributed by atoms with Crippen LogP contribution in [0.3, 0.4) is 0 Å². The van der Waals surface area contributed by atoms with Crippen molar-refractivity contribution in [2.24, 2.45) is 0 Å². The van der Waals surface area contributed by atoms with E-state index in [1.807, 2.05) is 77.4 Å². The Bertz CT molecular complexity index is 1220. The Hall–Kier alpha value is -3.78. The Kier molecular flexibility index (Phi) is 6.95. The molecule has 0 aliphatic heterocycles. The van der Waals surface area contributed by atoms with Crippen LogP contribution in [0.4, 0.5) is 0 Å². The van der Waals surface area contributed by atoms with Crippen molar-refractivity contribution in [3.05, 3.63) is 78.4 Å². The molecule has 0 saturated carbocycles. The highest BCUT2D eigenvalue weighted by atomic mass is 32.2. The number of carbonyl (C=O) groups excluding carboxylic acids is 1. The first-order valence-electron chi connectivity index (χ1n) is 10.2. The lowest BCUT2D eigenvalue weighted by Gasteiger charge is -2.15. The van der Waals surface area contributed by atoms with E-state index in [0.717, 1.165) is 11.3 Å². The number of ketones is 1. The van der Waals surface area contributed by atoms with E-state index in [1.165, 1.54) is 11.8 Å². The third-order valence-corrected chi connectivity index (χ3v) is 5.93. The summed E-state index contributed by atoms with van der Waals surface area (Å²) in [6.07, 6.45) is 0. The van der Waals surface area contributed by atoms with E-state index in [9.17, 15) is 4.79 Å². The second-order valence-electron chi connectivity index (χ2n) is 6.97. The first-order chi connectivity index (χ1) is 16.2. The summed E-state index contributed by atoms with van der Waals surface area (Å²) in [6.45, 7) is 0. The fourth-order valence-corrected chi connectivity index (χ4v) is 4.25. The first-order valence-corrected chi connectivity index (χ1v) is 11.2. The van der Waals surface area contributed by atoms with Gasteiger partial charge in [0, 0.05) is 16.8 Å². The number of thioether (sulfide) groups is 1. The van der Waals surface area contributed by atoms with E-state index in [0.29, 0.717) is 33.8 Å². The molecule has 0 radical (unpaired) electrons. The Labute approximate surface area is 196 Å². The van der Waals surface area contributed by atoms with Gasteiger partial charge in [-0.25, -0.2) is 0 Å². The van der Waals surface area contributed by atoms with E-state index < -0.39 is 0 Å². The van der Waals surface area contributed by atoms with Gasteiger partial charge in [-0.3, -0.25) is 9.36 Å². The van der Waals surface area contributed by atoms with Gasteiger partial charge < -0.3 is 14.2 Å². The minimum absolute atomic E-state index is 0.0255.